The molecule has 1 nitrogen and oxygen atoms in total. The quantitative estimate of drug-likeness (QED) is 0.688. The Morgan fingerprint density at radius 2 is 1.54 bits per heavy atom. The summed E-state index contributed by atoms with van der Waals surface area (Å²) in [7, 11) is 0. The number of hydrogen-bond acceptors (Lipinski definition) is 2. The number of carbonyl (C=O) groups excluding carboxylic acids is 1. The molecule has 0 aromatic rings. The Morgan fingerprint density at radius 3 is 1.85 bits per heavy atom. The van der Waals surface area contributed by atoms with Crippen LogP contribution >= 0.6 is 11.8 Å². The summed E-state index contributed by atoms with van der Waals surface area (Å²) < 4.78 is 0.0868. The van der Waals surface area contributed by atoms with Gasteiger partial charge < -0.3 is 0 Å². The minimum atomic E-state index is -0.170. The lowest BCUT2D eigenvalue weighted by atomic mass is 9.92. The maximum Gasteiger partial charge on any atom is 0.195 e. The van der Waals surface area contributed by atoms with Gasteiger partial charge in [-0.25, -0.2) is 0 Å². The van der Waals surface area contributed by atoms with Gasteiger partial charge in [-0.2, -0.15) is 0 Å². The van der Waals surface area contributed by atoms with Crippen LogP contribution in [0.25, 0.3) is 0 Å². The van der Waals surface area contributed by atoms with E-state index in [1.54, 1.807) is 0 Å². The molecule has 0 aliphatic carbocycles. The Balaban J connectivity index is 4.31. The number of carbonyl (C=O) groups is 1. The molecular formula is C11H22OS. The third kappa shape index (κ3) is 4.17. The molecule has 0 heterocycles. The Bertz CT molecular complexity index is 183. The molecular weight excluding hydrogens is 180 g/mol. The molecule has 0 fully saturated rings. The van der Waals surface area contributed by atoms with Gasteiger partial charge in [0.05, 0.1) is 0 Å². The van der Waals surface area contributed by atoms with Gasteiger partial charge in [0, 0.05) is 10.2 Å². The second-order valence-corrected chi connectivity index (χ2v) is 6.42. The molecule has 0 unspecified atom stereocenters. The summed E-state index contributed by atoms with van der Waals surface area (Å²) in [6, 6.07) is 0. The van der Waals surface area contributed by atoms with Gasteiger partial charge in [-0.1, -0.05) is 53.3 Å². The Labute approximate surface area is 86.7 Å². The maximum atomic E-state index is 11.8. The molecule has 0 aliphatic heterocycles. The van der Waals surface area contributed by atoms with Crippen LogP contribution in [0.5, 0.6) is 0 Å². The van der Waals surface area contributed by atoms with Crippen molar-refractivity contribution in [1.82, 2.24) is 0 Å². The van der Waals surface area contributed by atoms with E-state index in [-0.39, 0.29) is 10.2 Å². The highest BCUT2D eigenvalue weighted by Gasteiger charge is 2.30. The zero-order valence-electron chi connectivity index (χ0n) is 9.73. The van der Waals surface area contributed by atoms with Gasteiger partial charge in [0.2, 0.25) is 0 Å². The fourth-order valence-corrected chi connectivity index (χ4v) is 1.67. The second-order valence-electron chi connectivity index (χ2n) is 4.74. The van der Waals surface area contributed by atoms with Crippen LogP contribution in [0, 0.1) is 5.41 Å². The minimum absolute atomic E-state index is 0.0868. The van der Waals surface area contributed by atoms with Crippen molar-refractivity contribution >= 4 is 16.9 Å². The van der Waals surface area contributed by atoms with Gasteiger partial charge in [0.1, 0.15) is 0 Å². The van der Waals surface area contributed by atoms with E-state index in [0.29, 0.717) is 5.12 Å². The van der Waals surface area contributed by atoms with Gasteiger partial charge in [0.15, 0.2) is 5.12 Å². The highest BCUT2D eigenvalue weighted by molar-refractivity contribution is 8.14. The van der Waals surface area contributed by atoms with Crippen molar-refractivity contribution in [2.75, 3.05) is 0 Å². The second kappa shape index (κ2) is 4.50. The number of hydrogen-bond donors (Lipinski definition) is 0. The Kier molecular flexibility index (Phi) is 4.50. The van der Waals surface area contributed by atoms with Crippen LogP contribution < -0.4 is 0 Å². The van der Waals surface area contributed by atoms with Crippen molar-refractivity contribution in [1.29, 1.82) is 0 Å². The van der Waals surface area contributed by atoms with Crippen LogP contribution in [-0.2, 0) is 4.79 Å². The van der Waals surface area contributed by atoms with Crippen LogP contribution in [-0.4, -0.2) is 9.86 Å². The van der Waals surface area contributed by atoms with Crippen LogP contribution in [0.3, 0.4) is 0 Å². The summed E-state index contributed by atoms with van der Waals surface area (Å²) in [6.45, 7) is 12.5. The van der Waals surface area contributed by atoms with Crippen molar-refractivity contribution in [2.45, 2.75) is 59.1 Å². The lowest BCUT2D eigenvalue weighted by Gasteiger charge is -2.27. The highest BCUT2D eigenvalue weighted by Crippen LogP contribution is 2.36. The van der Waals surface area contributed by atoms with E-state index >= 15 is 0 Å². The van der Waals surface area contributed by atoms with E-state index in [1.165, 1.54) is 11.8 Å². The van der Waals surface area contributed by atoms with Crippen molar-refractivity contribution in [2.24, 2.45) is 5.41 Å². The molecule has 0 saturated carbocycles. The zero-order valence-corrected chi connectivity index (χ0v) is 10.5. The molecule has 78 valence electrons. The largest absolute Gasteiger partial charge is 0.287 e. The van der Waals surface area contributed by atoms with Crippen molar-refractivity contribution in [3.8, 4) is 0 Å². The first-order chi connectivity index (χ1) is 5.75. The monoisotopic (exact) mass is 202 g/mol. The fourth-order valence-electron chi connectivity index (χ4n) is 0.606. The van der Waals surface area contributed by atoms with Crippen molar-refractivity contribution < 1.29 is 4.79 Å². The fraction of sp³-hybridized carbons (Fsp3) is 0.909. The standard InChI is InChI=1S/C11H22OS/c1-7-10(3,4)9(12)13-11(5,6)8-2/h7-8H2,1-6H3. The predicted molar refractivity (Wildman–Crippen MR) is 61.0 cm³/mol. The van der Waals surface area contributed by atoms with E-state index < -0.39 is 0 Å². The van der Waals surface area contributed by atoms with E-state index in [4.69, 9.17) is 0 Å². The minimum Gasteiger partial charge on any atom is -0.287 e. The summed E-state index contributed by atoms with van der Waals surface area (Å²) in [4.78, 5) is 11.8. The lowest BCUT2D eigenvalue weighted by Crippen LogP contribution is -2.26. The van der Waals surface area contributed by atoms with Gasteiger partial charge in [-0.15, -0.1) is 0 Å². The van der Waals surface area contributed by atoms with Gasteiger partial charge in [-0.05, 0) is 12.8 Å². The summed E-state index contributed by atoms with van der Waals surface area (Å²) in [5.41, 5.74) is -0.170. The van der Waals surface area contributed by atoms with E-state index in [9.17, 15) is 4.79 Å². The van der Waals surface area contributed by atoms with Crippen LogP contribution in [0.1, 0.15) is 54.4 Å². The van der Waals surface area contributed by atoms with Gasteiger partial charge >= 0.3 is 0 Å². The summed E-state index contributed by atoms with van der Waals surface area (Å²) in [6.07, 6.45) is 1.95. The molecule has 0 N–H and O–H groups in total. The van der Waals surface area contributed by atoms with E-state index in [0.717, 1.165) is 12.8 Å². The molecule has 0 amide bonds. The van der Waals surface area contributed by atoms with Crippen LogP contribution in [0.4, 0.5) is 0 Å². The average molecular weight is 202 g/mol. The van der Waals surface area contributed by atoms with Crippen molar-refractivity contribution in [3.05, 3.63) is 0 Å². The summed E-state index contributed by atoms with van der Waals surface area (Å²) in [5, 5.41) is 0.321. The highest BCUT2D eigenvalue weighted by atomic mass is 32.2. The molecule has 0 atom stereocenters. The average Bonchev–Trinajstić information content (AvgIpc) is 2.04. The van der Waals surface area contributed by atoms with E-state index in [2.05, 4.69) is 27.7 Å². The first-order valence-electron chi connectivity index (χ1n) is 4.98. The summed E-state index contributed by atoms with van der Waals surface area (Å²) >= 11 is 1.49. The molecule has 0 rings (SSSR count). The lowest BCUT2D eigenvalue weighted by molar-refractivity contribution is -0.118. The van der Waals surface area contributed by atoms with Crippen LogP contribution in [0.15, 0.2) is 0 Å². The maximum absolute atomic E-state index is 11.8. The molecule has 2 heteroatoms. The van der Waals surface area contributed by atoms with Crippen LogP contribution in [0.2, 0.25) is 0 Å². The molecule has 0 radical (unpaired) electrons. The Hall–Kier alpha value is 0.0200. The third-order valence-electron chi connectivity index (χ3n) is 2.66. The molecule has 0 aromatic carbocycles. The Morgan fingerprint density at radius 1 is 1.08 bits per heavy atom. The summed E-state index contributed by atoms with van der Waals surface area (Å²) in [5.74, 6) is 0. The molecule has 0 saturated heterocycles. The zero-order chi connectivity index (χ0) is 10.7. The molecule has 0 bridgehead atoms. The molecule has 0 aliphatic rings. The predicted octanol–water partition coefficient (Wildman–Crippen LogP) is 3.87. The topological polar surface area (TPSA) is 17.1 Å². The third-order valence-corrected chi connectivity index (χ3v) is 4.24. The van der Waals surface area contributed by atoms with E-state index in [1.807, 2.05) is 13.8 Å². The number of thioether (sulfide) groups is 1. The first-order valence-corrected chi connectivity index (χ1v) is 5.80. The smallest absolute Gasteiger partial charge is 0.195 e. The molecule has 0 aromatic heterocycles. The normalized spacial score (nSPS) is 13.1. The van der Waals surface area contributed by atoms with Crippen molar-refractivity contribution in [3.63, 3.8) is 0 Å². The molecule has 13 heavy (non-hydrogen) atoms. The molecule has 0 spiro atoms. The number of rotatable bonds is 4. The van der Waals surface area contributed by atoms with Gasteiger partial charge in [0.25, 0.3) is 0 Å². The SMILES string of the molecule is CCC(C)(C)SC(=O)C(C)(C)CC. The first kappa shape index (κ1) is 13.0. The van der Waals surface area contributed by atoms with Gasteiger partial charge in [-0.3, -0.25) is 4.79 Å².